The smallest absolute Gasteiger partial charge is 0.255 e. The lowest BCUT2D eigenvalue weighted by Gasteiger charge is -2.05. The monoisotopic (exact) mass is 481 g/mol. The van der Waals surface area contributed by atoms with Crippen molar-refractivity contribution in [1.82, 2.24) is 25.1 Å². The van der Waals surface area contributed by atoms with Gasteiger partial charge in [0.2, 0.25) is 0 Å². The minimum absolute atomic E-state index is 0.198. The Morgan fingerprint density at radius 3 is 2.51 bits per heavy atom. The second-order valence-corrected chi connectivity index (χ2v) is 8.79. The highest BCUT2D eigenvalue weighted by atomic mass is 32.1. The van der Waals surface area contributed by atoms with Crippen LogP contribution in [0.2, 0.25) is 0 Å². The van der Waals surface area contributed by atoms with Gasteiger partial charge in [0.25, 0.3) is 5.91 Å². The zero-order valence-electron chi connectivity index (χ0n) is 19.1. The van der Waals surface area contributed by atoms with Crippen LogP contribution in [0.5, 0.6) is 5.75 Å². The molecule has 0 saturated heterocycles. The molecule has 2 aromatic carbocycles. The molecule has 1 amide bonds. The molecule has 5 rings (SSSR count). The molecule has 0 spiro atoms. The van der Waals surface area contributed by atoms with Crippen molar-refractivity contribution in [3.05, 3.63) is 107 Å². The number of hydrogen-bond acceptors (Lipinski definition) is 6. The molecule has 174 valence electrons. The zero-order chi connectivity index (χ0) is 24.0. The number of carbonyl (C=O) groups excluding carboxylic acids is 1. The Kier molecular flexibility index (Phi) is 6.63. The van der Waals surface area contributed by atoms with Crippen molar-refractivity contribution in [1.29, 1.82) is 0 Å². The van der Waals surface area contributed by atoms with Crippen LogP contribution in [-0.4, -0.2) is 32.8 Å². The van der Waals surface area contributed by atoms with E-state index in [-0.39, 0.29) is 5.91 Å². The number of rotatable bonds is 8. The average molecular weight is 482 g/mol. The van der Waals surface area contributed by atoms with Crippen molar-refractivity contribution < 1.29 is 9.53 Å². The van der Waals surface area contributed by atoms with E-state index in [1.807, 2.05) is 72.1 Å². The summed E-state index contributed by atoms with van der Waals surface area (Å²) in [6, 6.07) is 21.4. The Balaban J connectivity index is 1.37. The van der Waals surface area contributed by atoms with Gasteiger partial charge < -0.3 is 10.1 Å². The van der Waals surface area contributed by atoms with Crippen molar-refractivity contribution in [3.8, 4) is 28.3 Å². The van der Waals surface area contributed by atoms with Gasteiger partial charge in [0.1, 0.15) is 16.5 Å². The van der Waals surface area contributed by atoms with Crippen LogP contribution in [0.4, 0.5) is 0 Å². The lowest BCUT2D eigenvalue weighted by Crippen LogP contribution is -2.23. The van der Waals surface area contributed by atoms with Gasteiger partial charge in [0.15, 0.2) is 0 Å². The number of carbonyl (C=O) groups is 1. The summed E-state index contributed by atoms with van der Waals surface area (Å²) in [7, 11) is 1.63. The summed E-state index contributed by atoms with van der Waals surface area (Å²) in [5, 5.41) is 10.6. The third-order valence-corrected chi connectivity index (χ3v) is 6.33. The first-order valence-electron chi connectivity index (χ1n) is 11.1. The lowest BCUT2D eigenvalue weighted by atomic mass is 10.1. The number of hydrogen-bond donors (Lipinski definition) is 1. The molecule has 35 heavy (non-hydrogen) atoms. The predicted molar refractivity (Wildman–Crippen MR) is 136 cm³/mol. The summed E-state index contributed by atoms with van der Waals surface area (Å²) >= 11 is 1.51. The molecule has 0 unspecified atom stereocenters. The second-order valence-electron chi connectivity index (χ2n) is 7.85. The first-order chi connectivity index (χ1) is 17.2. The minimum Gasteiger partial charge on any atom is -0.497 e. The summed E-state index contributed by atoms with van der Waals surface area (Å²) in [6.07, 6.45) is 5.28. The van der Waals surface area contributed by atoms with E-state index in [1.165, 1.54) is 11.3 Å². The van der Waals surface area contributed by atoms with E-state index in [4.69, 9.17) is 9.84 Å². The van der Waals surface area contributed by atoms with Gasteiger partial charge in [-0.15, -0.1) is 11.3 Å². The molecule has 0 aliphatic heterocycles. The molecular weight excluding hydrogens is 458 g/mol. The number of methoxy groups -OCH3 is 1. The topological polar surface area (TPSA) is 81.9 Å². The fourth-order valence-electron chi connectivity index (χ4n) is 3.70. The van der Waals surface area contributed by atoms with Crippen LogP contribution in [-0.2, 0) is 13.1 Å². The van der Waals surface area contributed by atoms with E-state index in [1.54, 1.807) is 30.4 Å². The van der Waals surface area contributed by atoms with Crippen molar-refractivity contribution in [2.24, 2.45) is 0 Å². The largest absolute Gasteiger partial charge is 0.497 e. The van der Waals surface area contributed by atoms with E-state index in [0.717, 1.165) is 33.1 Å². The molecule has 3 aromatic heterocycles. The summed E-state index contributed by atoms with van der Waals surface area (Å²) in [6.45, 7) is 0.902. The first kappa shape index (κ1) is 22.5. The summed E-state index contributed by atoms with van der Waals surface area (Å²) in [5.74, 6) is 0.549. The number of pyridine rings is 1. The summed E-state index contributed by atoms with van der Waals surface area (Å²) < 4.78 is 7.07. The van der Waals surface area contributed by atoms with E-state index in [9.17, 15) is 4.79 Å². The maximum absolute atomic E-state index is 13.3. The number of nitrogens with one attached hydrogen (secondary N) is 1. The average Bonchev–Trinajstić information content (AvgIpc) is 3.56. The fraction of sp³-hybridized carbons (Fsp3) is 0.111. The summed E-state index contributed by atoms with van der Waals surface area (Å²) in [4.78, 5) is 22.0. The van der Waals surface area contributed by atoms with Crippen LogP contribution in [0, 0.1) is 0 Å². The van der Waals surface area contributed by atoms with Crippen LogP contribution in [0.15, 0.2) is 90.7 Å². The predicted octanol–water partition coefficient (Wildman–Crippen LogP) is 5.06. The molecule has 1 N–H and O–H groups in total. The molecular formula is C27H23N5O2S. The van der Waals surface area contributed by atoms with E-state index < -0.39 is 0 Å². The van der Waals surface area contributed by atoms with E-state index >= 15 is 0 Å². The number of amides is 1. The Morgan fingerprint density at radius 2 is 1.77 bits per heavy atom. The Bertz CT molecular complexity index is 1410. The van der Waals surface area contributed by atoms with Gasteiger partial charge >= 0.3 is 0 Å². The van der Waals surface area contributed by atoms with Gasteiger partial charge in [-0.25, -0.2) is 4.98 Å². The van der Waals surface area contributed by atoms with Gasteiger partial charge in [-0.3, -0.25) is 14.5 Å². The van der Waals surface area contributed by atoms with Gasteiger partial charge in [0.05, 0.1) is 31.5 Å². The first-order valence-corrected chi connectivity index (χ1v) is 12.0. The van der Waals surface area contributed by atoms with Crippen LogP contribution in [0.1, 0.15) is 20.9 Å². The SMILES string of the molecule is COc1ccc(-c2nn(Cc3ccccc3)cc2C(=O)NCc2nc(-c3ccncc3)cs2)cc1. The van der Waals surface area contributed by atoms with Gasteiger partial charge in [0, 0.05) is 35.1 Å². The highest BCUT2D eigenvalue weighted by Crippen LogP contribution is 2.26. The molecule has 8 heteroatoms. The highest BCUT2D eigenvalue weighted by molar-refractivity contribution is 7.09. The Labute approximate surface area is 207 Å². The van der Waals surface area contributed by atoms with Crippen LogP contribution >= 0.6 is 11.3 Å². The zero-order valence-corrected chi connectivity index (χ0v) is 19.9. The third kappa shape index (κ3) is 5.28. The fourth-order valence-corrected chi connectivity index (χ4v) is 4.44. The van der Waals surface area contributed by atoms with Crippen molar-refractivity contribution in [2.75, 3.05) is 7.11 Å². The highest BCUT2D eigenvalue weighted by Gasteiger charge is 2.19. The summed E-state index contributed by atoms with van der Waals surface area (Å²) in [5.41, 5.74) is 4.95. The molecule has 0 saturated carbocycles. The van der Waals surface area contributed by atoms with Crippen molar-refractivity contribution in [2.45, 2.75) is 13.1 Å². The third-order valence-electron chi connectivity index (χ3n) is 5.49. The minimum atomic E-state index is -0.198. The number of thiazole rings is 1. The second kappa shape index (κ2) is 10.3. The lowest BCUT2D eigenvalue weighted by molar-refractivity contribution is 0.0951. The van der Waals surface area contributed by atoms with Crippen molar-refractivity contribution >= 4 is 17.2 Å². The van der Waals surface area contributed by atoms with E-state index in [2.05, 4.69) is 15.3 Å². The Morgan fingerprint density at radius 1 is 1.00 bits per heavy atom. The normalized spacial score (nSPS) is 10.8. The molecule has 0 fully saturated rings. The Hall–Kier alpha value is -4.30. The van der Waals surface area contributed by atoms with Crippen molar-refractivity contribution in [3.63, 3.8) is 0 Å². The molecule has 0 atom stereocenters. The molecule has 5 aromatic rings. The number of nitrogens with zero attached hydrogens (tertiary/aromatic N) is 4. The van der Waals surface area contributed by atoms with Crippen LogP contribution in [0.25, 0.3) is 22.5 Å². The van der Waals surface area contributed by atoms with Gasteiger partial charge in [-0.1, -0.05) is 30.3 Å². The van der Waals surface area contributed by atoms with Crippen LogP contribution < -0.4 is 10.1 Å². The number of benzene rings is 2. The number of aromatic nitrogens is 4. The maximum atomic E-state index is 13.3. The van der Waals surface area contributed by atoms with Gasteiger partial charge in [-0.05, 0) is 42.0 Å². The van der Waals surface area contributed by atoms with E-state index in [0.29, 0.717) is 24.3 Å². The quantitative estimate of drug-likeness (QED) is 0.335. The molecule has 0 aliphatic carbocycles. The molecule has 0 bridgehead atoms. The standard InChI is InChI=1S/C27H23N5O2S/c1-34-22-9-7-21(8-10-22)26-23(17-32(31-26)16-19-5-3-2-4-6-19)27(33)29-15-25-30-24(18-35-25)20-11-13-28-14-12-20/h2-14,17-18H,15-16H2,1H3,(H,29,33). The van der Waals surface area contributed by atoms with Gasteiger partial charge in [-0.2, -0.15) is 5.10 Å². The maximum Gasteiger partial charge on any atom is 0.255 e. The molecule has 7 nitrogen and oxygen atoms in total. The number of ether oxygens (including phenoxy) is 1. The molecule has 0 radical (unpaired) electrons. The molecule has 0 aliphatic rings. The molecule has 3 heterocycles. The van der Waals surface area contributed by atoms with Crippen LogP contribution in [0.3, 0.4) is 0 Å².